The van der Waals surface area contributed by atoms with Gasteiger partial charge < -0.3 is 5.32 Å². The quantitative estimate of drug-likeness (QED) is 0.522. The Hall–Kier alpha value is -3.39. The van der Waals surface area contributed by atoms with Crippen LogP contribution in [0.5, 0.6) is 0 Å². The number of H-pyrrole nitrogens is 1. The Kier molecular flexibility index (Phi) is 4.71. The Bertz CT molecular complexity index is 1140. The molecular formula is C19H15N5O2S. The molecule has 0 aliphatic carbocycles. The molecule has 0 atom stereocenters. The molecule has 4 rings (SSSR count). The minimum Gasteiger partial charge on any atom is -0.322 e. The fourth-order valence-corrected chi connectivity index (χ4v) is 3.32. The monoisotopic (exact) mass is 377 g/mol. The number of pyridine rings is 1. The number of benzene rings is 1. The van der Waals surface area contributed by atoms with Gasteiger partial charge in [-0.1, -0.05) is 24.3 Å². The fourth-order valence-electron chi connectivity index (χ4n) is 2.57. The van der Waals surface area contributed by atoms with Crippen LogP contribution in [0.2, 0.25) is 0 Å². The maximum Gasteiger partial charge on any atom is 0.272 e. The van der Waals surface area contributed by atoms with Crippen LogP contribution >= 0.6 is 11.8 Å². The van der Waals surface area contributed by atoms with Gasteiger partial charge in [0.2, 0.25) is 0 Å². The number of para-hydroxylation sites is 1. The lowest BCUT2D eigenvalue weighted by Crippen LogP contribution is -2.17. The van der Waals surface area contributed by atoms with E-state index in [1.165, 1.54) is 28.5 Å². The van der Waals surface area contributed by atoms with Crippen LogP contribution in [0.1, 0.15) is 16.1 Å². The fraction of sp³-hybridized carbons (Fsp3) is 0.0526. The Morgan fingerprint density at radius 3 is 2.74 bits per heavy atom. The molecule has 4 aromatic rings. The van der Waals surface area contributed by atoms with Gasteiger partial charge in [-0.2, -0.15) is 0 Å². The molecule has 3 aromatic heterocycles. The van der Waals surface area contributed by atoms with Gasteiger partial charge in [0, 0.05) is 29.9 Å². The molecule has 0 spiro atoms. The zero-order valence-corrected chi connectivity index (χ0v) is 14.9. The van der Waals surface area contributed by atoms with Crippen molar-refractivity contribution in [2.75, 3.05) is 5.32 Å². The summed E-state index contributed by atoms with van der Waals surface area (Å²) in [7, 11) is 0. The second-order valence-corrected chi connectivity index (χ2v) is 6.70. The number of thioether (sulfide) groups is 1. The highest BCUT2D eigenvalue weighted by molar-refractivity contribution is 7.98. The summed E-state index contributed by atoms with van der Waals surface area (Å²) in [5.41, 5.74) is 1.60. The van der Waals surface area contributed by atoms with Crippen molar-refractivity contribution in [2.24, 2.45) is 0 Å². The molecule has 7 nitrogen and oxygen atoms in total. The van der Waals surface area contributed by atoms with Gasteiger partial charge in [0.1, 0.15) is 5.56 Å². The molecular weight excluding hydrogens is 362 g/mol. The van der Waals surface area contributed by atoms with E-state index >= 15 is 0 Å². The van der Waals surface area contributed by atoms with Crippen molar-refractivity contribution in [3.05, 3.63) is 88.6 Å². The van der Waals surface area contributed by atoms with Crippen molar-refractivity contribution in [1.82, 2.24) is 19.6 Å². The largest absolute Gasteiger partial charge is 0.322 e. The molecule has 1 aromatic carbocycles. The van der Waals surface area contributed by atoms with Crippen molar-refractivity contribution in [3.8, 4) is 0 Å². The van der Waals surface area contributed by atoms with Gasteiger partial charge in [-0.05, 0) is 24.3 Å². The van der Waals surface area contributed by atoms with Gasteiger partial charge >= 0.3 is 0 Å². The SMILES string of the molecule is O=C(Nc1ccccc1)c1c[nH]n2c(=O)cc(CSc3ccccn3)nc12. The second kappa shape index (κ2) is 7.46. The minimum atomic E-state index is -0.332. The number of carbonyl (C=O) groups excluding carboxylic acids is 1. The van der Waals surface area contributed by atoms with Crippen LogP contribution in [0.25, 0.3) is 5.65 Å². The molecule has 0 unspecified atom stereocenters. The van der Waals surface area contributed by atoms with Crippen LogP contribution < -0.4 is 10.9 Å². The van der Waals surface area contributed by atoms with E-state index in [4.69, 9.17) is 0 Å². The number of amides is 1. The average Bonchev–Trinajstić information content (AvgIpc) is 3.13. The molecule has 0 saturated heterocycles. The average molecular weight is 377 g/mol. The molecule has 1 amide bonds. The van der Waals surface area contributed by atoms with E-state index in [9.17, 15) is 9.59 Å². The third-order valence-corrected chi connectivity index (χ3v) is 4.81. The van der Waals surface area contributed by atoms with E-state index in [1.807, 2.05) is 36.4 Å². The number of carbonyl (C=O) groups is 1. The van der Waals surface area contributed by atoms with Gasteiger partial charge in [0.15, 0.2) is 5.65 Å². The van der Waals surface area contributed by atoms with Crippen LogP contribution in [-0.2, 0) is 5.75 Å². The zero-order chi connectivity index (χ0) is 18.6. The summed E-state index contributed by atoms with van der Waals surface area (Å²) >= 11 is 1.48. The molecule has 0 bridgehead atoms. The maximum atomic E-state index is 12.6. The van der Waals surface area contributed by atoms with Gasteiger partial charge in [-0.3, -0.25) is 14.7 Å². The number of aromatic amines is 1. The predicted molar refractivity (Wildman–Crippen MR) is 104 cm³/mol. The third-order valence-electron chi connectivity index (χ3n) is 3.83. The van der Waals surface area contributed by atoms with Gasteiger partial charge in [0.05, 0.1) is 10.7 Å². The first-order valence-corrected chi connectivity index (χ1v) is 9.19. The maximum absolute atomic E-state index is 12.6. The highest BCUT2D eigenvalue weighted by atomic mass is 32.2. The van der Waals surface area contributed by atoms with Crippen molar-refractivity contribution < 1.29 is 4.79 Å². The highest BCUT2D eigenvalue weighted by Gasteiger charge is 2.16. The Morgan fingerprint density at radius 1 is 1.15 bits per heavy atom. The van der Waals surface area contributed by atoms with E-state index in [0.29, 0.717) is 28.3 Å². The minimum absolute atomic E-state index is 0.268. The Labute approximate surface area is 158 Å². The summed E-state index contributed by atoms with van der Waals surface area (Å²) in [5, 5.41) is 6.43. The second-order valence-electron chi connectivity index (χ2n) is 5.71. The molecule has 27 heavy (non-hydrogen) atoms. The first-order chi connectivity index (χ1) is 13.2. The number of anilines is 1. The normalized spacial score (nSPS) is 10.8. The molecule has 0 aliphatic heterocycles. The van der Waals surface area contributed by atoms with E-state index < -0.39 is 0 Å². The summed E-state index contributed by atoms with van der Waals surface area (Å²) in [6, 6.07) is 16.2. The summed E-state index contributed by atoms with van der Waals surface area (Å²) in [6.45, 7) is 0. The molecule has 8 heteroatoms. The zero-order valence-electron chi connectivity index (χ0n) is 14.1. The van der Waals surface area contributed by atoms with Crippen LogP contribution in [0.3, 0.4) is 0 Å². The Balaban J connectivity index is 1.61. The number of rotatable bonds is 5. The molecule has 2 N–H and O–H groups in total. The molecule has 0 radical (unpaired) electrons. The van der Waals surface area contributed by atoms with Crippen LogP contribution in [0.4, 0.5) is 5.69 Å². The Morgan fingerprint density at radius 2 is 1.96 bits per heavy atom. The van der Waals surface area contributed by atoms with E-state index in [-0.39, 0.29) is 11.5 Å². The summed E-state index contributed by atoms with van der Waals surface area (Å²) in [5.74, 6) is 0.148. The number of hydrogen-bond acceptors (Lipinski definition) is 5. The highest BCUT2D eigenvalue weighted by Crippen LogP contribution is 2.19. The lowest BCUT2D eigenvalue weighted by Gasteiger charge is -2.04. The number of nitrogens with one attached hydrogen (secondary N) is 2. The lowest BCUT2D eigenvalue weighted by atomic mass is 10.2. The van der Waals surface area contributed by atoms with Crippen molar-refractivity contribution in [1.29, 1.82) is 0 Å². The third kappa shape index (κ3) is 3.75. The van der Waals surface area contributed by atoms with E-state index in [1.54, 1.807) is 18.3 Å². The number of nitrogens with zero attached hydrogens (tertiary/aromatic N) is 3. The topological polar surface area (TPSA) is 92.2 Å². The molecule has 3 heterocycles. The first kappa shape index (κ1) is 17.0. The van der Waals surface area contributed by atoms with E-state index in [0.717, 1.165) is 5.03 Å². The number of hydrogen-bond donors (Lipinski definition) is 2. The standard InChI is InChI=1S/C19H15N5O2S/c25-17-10-14(12-27-16-8-4-5-9-20-16)22-18-15(11-21-24(17)18)19(26)23-13-6-2-1-3-7-13/h1-11,21H,12H2,(H,23,26). The van der Waals surface area contributed by atoms with Gasteiger partial charge in [-0.25, -0.2) is 14.5 Å². The van der Waals surface area contributed by atoms with Crippen LogP contribution in [0, 0.1) is 0 Å². The van der Waals surface area contributed by atoms with Crippen molar-refractivity contribution in [3.63, 3.8) is 0 Å². The smallest absolute Gasteiger partial charge is 0.272 e. The number of fused-ring (bicyclic) bond motifs is 1. The predicted octanol–water partition coefficient (Wildman–Crippen LogP) is 2.96. The van der Waals surface area contributed by atoms with Crippen LogP contribution in [-0.4, -0.2) is 25.5 Å². The lowest BCUT2D eigenvalue weighted by molar-refractivity contribution is 0.102. The van der Waals surface area contributed by atoms with Crippen molar-refractivity contribution >= 4 is 29.0 Å². The van der Waals surface area contributed by atoms with Gasteiger partial charge in [0.25, 0.3) is 11.5 Å². The summed E-state index contributed by atoms with van der Waals surface area (Å²) in [4.78, 5) is 33.7. The molecule has 0 aliphatic rings. The number of aromatic nitrogens is 4. The van der Waals surface area contributed by atoms with E-state index in [2.05, 4.69) is 20.4 Å². The van der Waals surface area contributed by atoms with Gasteiger partial charge in [-0.15, -0.1) is 11.8 Å². The molecule has 134 valence electrons. The first-order valence-electron chi connectivity index (χ1n) is 8.21. The summed E-state index contributed by atoms with van der Waals surface area (Å²) in [6.07, 6.45) is 3.20. The van der Waals surface area contributed by atoms with Crippen molar-refractivity contribution in [2.45, 2.75) is 10.8 Å². The summed E-state index contributed by atoms with van der Waals surface area (Å²) < 4.78 is 1.26. The van der Waals surface area contributed by atoms with Crippen LogP contribution in [0.15, 0.2) is 76.8 Å². The molecule has 0 fully saturated rings. The molecule has 0 saturated carbocycles.